The second-order valence-electron chi connectivity index (χ2n) is 9.10. The highest BCUT2D eigenvalue weighted by atomic mass is 32.2. The molecule has 8 heteroatoms. The van der Waals surface area contributed by atoms with Crippen LogP contribution in [0.4, 0.5) is 11.4 Å². The molecule has 1 aliphatic carbocycles. The van der Waals surface area contributed by atoms with Crippen molar-refractivity contribution in [3.05, 3.63) is 23.8 Å². The van der Waals surface area contributed by atoms with Gasteiger partial charge in [-0.3, -0.25) is 9.59 Å². The summed E-state index contributed by atoms with van der Waals surface area (Å²) in [5, 5.41) is 3.28. The van der Waals surface area contributed by atoms with E-state index in [1.807, 2.05) is 34.9 Å². The summed E-state index contributed by atoms with van der Waals surface area (Å²) < 4.78 is 24.2. The topological polar surface area (TPSA) is 86.8 Å². The van der Waals surface area contributed by atoms with Crippen LogP contribution in [0, 0.1) is 6.92 Å². The van der Waals surface area contributed by atoms with E-state index in [0.29, 0.717) is 12.8 Å². The minimum Gasteiger partial charge on any atom is -0.376 e. The van der Waals surface area contributed by atoms with Crippen LogP contribution in [-0.2, 0) is 19.4 Å². The van der Waals surface area contributed by atoms with Gasteiger partial charge in [0.25, 0.3) is 0 Å². The smallest absolute Gasteiger partial charge is 0.242 e. The lowest BCUT2D eigenvalue weighted by atomic mass is 9.93. The average Bonchev–Trinajstić information content (AvgIpc) is 3.33. The van der Waals surface area contributed by atoms with Crippen molar-refractivity contribution < 1.29 is 18.0 Å². The largest absolute Gasteiger partial charge is 0.376 e. The highest BCUT2D eigenvalue weighted by Gasteiger charge is 2.38. The number of benzene rings is 1. The highest BCUT2D eigenvalue weighted by molar-refractivity contribution is 7.91. The summed E-state index contributed by atoms with van der Waals surface area (Å²) in [4.78, 5) is 29.2. The minimum absolute atomic E-state index is 0.0314. The summed E-state index contributed by atoms with van der Waals surface area (Å²) in [5.74, 6) is 0.367. The van der Waals surface area contributed by atoms with E-state index in [0.717, 1.165) is 55.6 Å². The number of rotatable bonds is 6. The van der Waals surface area contributed by atoms with E-state index in [9.17, 15) is 18.0 Å². The zero-order chi connectivity index (χ0) is 22.0. The van der Waals surface area contributed by atoms with Crippen molar-refractivity contribution in [3.63, 3.8) is 0 Å². The molecule has 1 aromatic carbocycles. The first-order valence-electron chi connectivity index (χ1n) is 11.5. The number of nitrogens with zero attached hydrogens (tertiary/aromatic N) is 2. The van der Waals surface area contributed by atoms with Crippen molar-refractivity contribution in [1.29, 1.82) is 0 Å². The highest BCUT2D eigenvalue weighted by Crippen LogP contribution is 2.31. The number of nitrogens with one attached hydrogen (secondary N) is 1. The van der Waals surface area contributed by atoms with Crippen LogP contribution in [0.25, 0.3) is 0 Å². The SMILES string of the molecule is Cc1c(NCC(=O)N(C2CCCCC2)C2CCS(=O)(=O)C2)cccc1N1CCCC1=O. The van der Waals surface area contributed by atoms with Gasteiger partial charge in [0.1, 0.15) is 0 Å². The molecule has 3 fully saturated rings. The van der Waals surface area contributed by atoms with Crippen LogP contribution in [0.2, 0.25) is 0 Å². The van der Waals surface area contributed by atoms with E-state index >= 15 is 0 Å². The molecule has 2 heterocycles. The zero-order valence-electron chi connectivity index (χ0n) is 18.3. The minimum atomic E-state index is -3.06. The van der Waals surface area contributed by atoms with E-state index < -0.39 is 9.84 Å². The Morgan fingerprint density at radius 3 is 2.55 bits per heavy atom. The number of hydrogen-bond acceptors (Lipinski definition) is 5. The molecule has 31 heavy (non-hydrogen) atoms. The number of carbonyl (C=O) groups is 2. The van der Waals surface area contributed by atoms with Crippen molar-refractivity contribution >= 4 is 33.0 Å². The van der Waals surface area contributed by atoms with E-state index in [4.69, 9.17) is 0 Å². The fourth-order valence-corrected chi connectivity index (χ4v) is 7.04. The summed E-state index contributed by atoms with van der Waals surface area (Å²) in [5.41, 5.74) is 2.69. The molecule has 2 aliphatic heterocycles. The number of carbonyl (C=O) groups excluding carboxylic acids is 2. The molecular weight excluding hydrogens is 414 g/mol. The molecule has 0 bridgehead atoms. The Hall–Kier alpha value is -2.09. The van der Waals surface area contributed by atoms with Gasteiger partial charge in [0.2, 0.25) is 11.8 Å². The van der Waals surface area contributed by atoms with Gasteiger partial charge < -0.3 is 15.1 Å². The normalized spacial score (nSPS) is 23.8. The second kappa shape index (κ2) is 9.18. The summed E-state index contributed by atoms with van der Waals surface area (Å²) in [7, 11) is -3.06. The molecule has 0 radical (unpaired) electrons. The van der Waals surface area contributed by atoms with Crippen molar-refractivity contribution in [1.82, 2.24) is 4.90 Å². The molecular formula is C23H33N3O4S. The first kappa shape index (κ1) is 22.1. The van der Waals surface area contributed by atoms with Crippen LogP contribution >= 0.6 is 0 Å². The lowest BCUT2D eigenvalue weighted by Gasteiger charge is -2.38. The third-order valence-corrected chi connectivity index (χ3v) is 8.71. The fraction of sp³-hybridized carbons (Fsp3) is 0.652. The Bertz CT molecular complexity index is 940. The molecule has 0 aromatic heterocycles. The maximum atomic E-state index is 13.3. The Labute approximate surface area is 185 Å². The van der Waals surface area contributed by atoms with Crippen LogP contribution in [0.3, 0.4) is 0 Å². The van der Waals surface area contributed by atoms with Gasteiger partial charge in [-0.05, 0) is 50.3 Å². The van der Waals surface area contributed by atoms with Crippen LogP contribution in [0.15, 0.2) is 18.2 Å². The Balaban J connectivity index is 1.48. The molecule has 1 saturated carbocycles. The van der Waals surface area contributed by atoms with Crippen molar-refractivity contribution in [2.24, 2.45) is 0 Å². The van der Waals surface area contributed by atoms with Gasteiger partial charge >= 0.3 is 0 Å². The average molecular weight is 448 g/mol. The summed E-state index contributed by atoms with van der Waals surface area (Å²) in [6.45, 7) is 2.83. The molecule has 0 spiro atoms. The van der Waals surface area contributed by atoms with E-state index in [1.54, 1.807) is 0 Å². The predicted octanol–water partition coefficient (Wildman–Crippen LogP) is 2.88. The monoisotopic (exact) mass is 447 g/mol. The molecule has 4 rings (SSSR count). The molecule has 2 amide bonds. The molecule has 170 valence electrons. The van der Waals surface area contributed by atoms with Gasteiger partial charge in [-0.25, -0.2) is 8.42 Å². The second-order valence-corrected chi connectivity index (χ2v) is 11.3. The van der Waals surface area contributed by atoms with Crippen LogP contribution in [0.1, 0.15) is 56.9 Å². The van der Waals surface area contributed by atoms with Crippen molar-refractivity contribution in [3.8, 4) is 0 Å². The van der Waals surface area contributed by atoms with Gasteiger partial charge in [-0.2, -0.15) is 0 Å². The summed E-state index contributed by atoms with van der Waals surface area (Å²) in [6, 6.07) is 5.71. The van der Waals surface area contributed by atoms with Crippen molar-refractivity contribution in [2.75, 3.05) is 34.8 Å². The zero-order valence-corrected chi connectivity index (χ0v) is 19.1. The third kappa shape index (κ3) is 4.89. The fourth-order valence-electron chi connectivity index (χ4n) is 5.33. The number of amides is 2. The molecule has 1 atom stereocenters. The first-order valence-corrected chi connectivity index (χ1v) is 13.3. The van der Waals surface area contributed by atoms with Crippen LogP contribution in [0.5, 0.6) is 0 Å². The third-order valence-electron chi connectivity index (χ3n) is 6.96. The molecule has 2 saturated heterocycles. The van der Waals surface area contributed by atoms with Gasteiger partial charge in [0.05, 0.1) is 18.1 Å². The maximum absolute atomic E-state index is 13.3. The quantitative estimate of drug-likeness (QED) is 0.725. The first-order chi connectivity index (χ1) is 14.9. The Morgan fingerprint density at radius 1 is 1.13 bits per heavy atom. The van der Waals surface area contributed by atoms with E-state index in [1.165, 1.54) is 6.42 Å². The predicted molar refractivity (Wildman–Crippen MR) is 122 cm³/mol. The molecule has 7 nitrogen and oxygen atoms in total. The summed E-state index contributed by atoms with van der Waals surface area (Å²) in [6.07, 6.45) is 7.25. The number of anilines is 2. The number of sulfone groups is 1. The van der Waals surface area contributed by atoms with Crippen LogP contribution < -0.4 is 10.2 Å². The molecule has 1 aromatic rings. The Morgan fingerprint density at radius 2 is 1.90 bits per heavy atom. The van der Waals surface area contributed by atoms with Gasteiger partial charge in [-0.1, -0.05) is 25.3 Å². The number of hydrogen-bond donors (Lipinski definition) is 1. The maximum Gasteiger partial charge on any atom is 0.242 e. The molecule has 3 aliphatic rings. The van der Waals surface area contributed by atoms with Crippen molar-refractivity contribution in [2.45, 2.75) is 70.4 Å². The Kier molecular flexibility index (Phi) is 6.55. The van der Waals surface area contributed by atoms with Gasteiger partial charge in [0, 0.05) is 36.4 Å². The standard InChI is InChI=1S/C23H33N3O4S/c1-17-20(9-5-10-21(17)25-13-6-11-22(25)27)24-15-23(28)26(18-7-3-2-4-8-18)19-12-14-31(29,30)16-19/h5,9-10,18-19,24H,2-4,6-8,11-16H2,1H3. The lowest BCUT2D eigenvalue weighted by Crippen LogP contribution is -2.50. The van der Waals surface area contributed by atoms with Gasteiger partial charge in [-0.15, -0.1) is 0 Å². The molecule has 1 N–H and O–H groups in total. The van der Waals surface area contributed by atoms with E-state index in [-0.39, 0.29) is 41.9 Å². The van der Waals surface area contributed by atoms with E-state index in [2.05, 4.69) is 5.32 Å². The molecule has 1 unspecified atom stereocenters. The van der Waals surface area contributed by atoms with Crippen LogP contribution in [-0.4, -0.2) is 61.8 Å². The lowest BCUT2D eigenvalue weighted by molar-refractivity contribution is -0.134. The van der Waals surface area contributed by atoms with Gasteiger partial charge in [0.15, 0.2) is 9.84 Å². The summed E-state index contributed by atoms with van der Waals surface area (Å²) >= 11 is 0.